The van der Waals surface area contributed by atoms with Gasteiger partial charge in [0.05, 0.1) is 11.2 Å². The molecule has 0 heterocycles. The van der Waals surface area contributed by atoms with Crippen LogP contribution in [0.25, 0.3) is 0 Å². The molecule has 1 unspecified atom stereocenters. The monoisotopic (exact) mass is 198 g/mol. The van der Waals surface area contributed by atoms with E-state index in [4.69, 9.17) is 5.11 Å². The van der Waals surface area contributed by atoms with E-state index in [1.54, 1.807) is 12.1 Å². The van der Waals surface area contributed by atoms with Gasteiger partial charge in [0, 0.05) is 12.1 Å². The number of aliphatic hydroxyl groups is 1. The van der Waals surface area contributed by atoms with Crippen molar-refractivity contribution in [1.29, 1.82) is 0 Å². The Labute approximate surface area is 82.3 Å². The number of nitrogens with two attached hydrogens (primary N) is 1. The number of benzene rings is 1. The molecule has 0 aliphatic carbocycles. The Morgan fingerprint density at radius 3 is 2.36 bits per heavy atom. The van der Waals surface area contributed by atoms with Crippen LogP contribution in [-0.2, 0) is 0 Å². The van der Waals surface area contributed by atoms with Crippen molar-refractivity contribution >= 4 is 5.69 Å². The molecule has 0 radical (unpaired) electrons. The summed E-state index contributed by atoms with van der Waals surface area (Å²) in [5.41, 5.74) is 5.73. The molecule has 0 bridgehead atoms. The molecular weight excluding hydrogens is 184 g/mol. The summed E-state index contributed by atoms with van der Waals surface area (Å²) in [7, 11) is 0. The summed E-state index contributed by atoms with van der Waals surface area (Å²) >= 11 is 0. The minimum atomic E-state index is -0.667. The second-order valence-electron chi connectivity index (χ2n) is 2.84. The lowest BCUT2D eigenvalue weighted by molar-refractivity contribution is -0.384. The summed E-state index contributed by atoms with van der Waals surface area (Å²) in [5, 5.41) is 18.0. The first-order chi connectivity index (χ1) is 6.43. The molecule has 3 N–H and O–H groups in total. The van der Waals surface area contributed by atoms with Crippen molar-refractivity contribution in [2.45, 2.75) is 20.1 Å². The quantitative estimate of drug-likeness (QED) is 0.403. The Balaban J connectivity index is 0.000000364. The van der Waals surface area contributed by atoms with Gasteiger partial charge in [-0.05, 0) is 19.4 Å². The third kappa shape index (κ3) is 6.10. The number of nitrogens with zero attached hydrogens (tertiary/aromatic N) is 1. The van der Waals surface area contributed by atoms with Crippen LogP contribution in [0.2, 0.25) is 0 Å². The molecule has 14 heavy (non-hydrogen) atoms. The Hall–Kier alpha value is -1.46. The van der Waals surface area contributed by atoms with Gasteiger partial charge in [0.25, 0.3) is 5.69 Å². The van der Waals surface area contributed by atoms with E-state index in [1.807, 2.05) is 13.0 Å². The molecule has 0 saturated carbocycles. The molecule has 0 aliphatic heterocycles. The van der Waals surface area contributed by atoms with E-state index in [1.165, 1.54) is 13.0 Å². The number of aryl methyl sites for hydroxylation is 1. The maximum atomic E-state index is 10.2. The van der Waals surface area contributed by atoms with Gasteiger partial charge < -0.3 is 10.8 Å². The predicted molar refractivity (Wildman–Crippen MR) is 53.7 cm³/mol. The zero-order valence-corrected chi connectivity index (χ0v) is 8.18. The van der Waals surface area contributed by atoms with Crippen LogP contribution in [0.1, 0.15) is 12.5 Å². The highest BCUT2D eigenvalue weighted by Gasteiger charge is 2.01. The summed E-state index contributed by atoms with van der Waals surface area (Å²) in [6.45, 7) is 3.33. The first-order valence-corrected chi connectivity index (χ1v) is 4.08. The number of nitro groups is 1. The first kappa shape index (κ1) is 12.5. The first-order valence-electron chi connectivity index (χ1n) is 4.08. The highest BCUT2D eigenvalue weighted by molar-refractivity contribution is 5.33. The van der Waals surface area contributed by atoms with Gasteiger partial charge in [-0.2, -0.15) is 0 Å². The van der Waals surface area contributed by atoms with Crippen LogP contribution >= 0.6 is 0 Å². The van der Waals surface area contributed by atoms with Gasteiger partial charge >= 0.3 is 0 Å². The summed E-state index contributed by atoms with van der Waals surface area (Å²) in [4.78, 5) is 9.76. The maximum Gasteiger partial charge on any atom is 0.269 e. The maximum absolute atomic E-state index is 10.2. The van der Waals surface area contributed by atoms with E-state index in [0.29, 0.717) is 0 Å². The summed E-state index contributed by atoms with van der Waals surface area (Å²) in [5.74, 6) is 0. The van der Waals surface area contributed by atoms with E-state index in [2.05, 4.69) is 5.73 Å². The zero-order valence-electron chi connectivity index (χ0n) is 8.18. The second-order valence-corrected chi connectivity index (χ2v) is 2.84. The molecule has 0 fully saturated rings. The number of rotatable bonds is 1. The predicted octanol–water partition coefficient (Wildman–Crippen LogP) is 1.19. The molecule has 1 aromatic carbocycles. The zero-order chi connectivity index (χ0) is 11.1. The van der Waals surface area contributed by atoms with Crippen LogP contribution in [0.4, 0.5) is 5.69 Å². The second kappa shape index (κ2) is 6.06. The summed E-state index contributed by atoms with van der Waals surface area (Å²) in [6, 6.07) is 6.52. The van der Waals surface area contributed by atoms with Crippen LogP contribution in [0, 0.1) is 17.0 Å². The van der Waals surface area contributed by atoms with E-state index in [9.17, 15) is 10.1 Å². The smallest absolute Gasteiger partial charge is 0.269 e. The van der Waals surface area contributed by atoms with Crippen molar-refractivity contribution in [3.63, 3.8) is 0 Å². The number of hydrogen-bond acceptors (Lipinski definition) is 4. The lowest BCUT2D eigenvalue weighted by Gasteiger charge is -1.90. The molecule has 5 heteroatoms. The number of non-ortho nitro benzene ring substituents is 1. The van der Waals surface area contributed by atoms with Crippen molar-refractivity contribution < 1.29 is 10.0 Å². The Bertz CT molecular complexity index is 297. The van der Waals surface area contributed by atoms with Gasteiger partial charge in [0.15, 0.2) is 0 Å². The number of nitro benzene ring substituents is 1. The largest absolute Gasteiger partial charge is 0.379 e. The van der Waals surface area contributed by atoms with E-state index < -0.39 is 11.2 Å². The van der Waals surface area contributed by atoms with Crippen LogP contribution in [0.5, 0.6) is 0 Å². The lowest BCUT2D eigenvalue weighted by atomic mass is 10.2. The topological polar surface area (TPSA) is 89.4 Å². The van der Waals surface area contributed by atoms with Gasteiger partial charge in [-0.15, -0.1) is 0 Å². The molecule has 1 atom stereocenters. The fraction of sp³-hybridized carbons (Fsp3) is 0.333. The van der Waals surface area contributed by atoms with Crippen molar-refractivity contribution in [2.24, 2.45) is 5.73 Å². The van der Waals surface area contributed by atoms with Gasteiger partial charge in [0.1, 0.15) is 0 Å². The highest BCUT2D eigenvalue weighted by atomic mass is 16.6. The SMILES string of the molecule is CC(N)O.Cc1cccc([N+](=O)[O-])c1. The Kier molecular flexibility index (Phi) is 5.43. The molecular formula is C9H14N2O3. The highest BCUT2D eigenvalue weighted by Crippen LogP contribution is 2.11. The molecule has 0 amide bonds. The molecule has 0 spiro atoms. The minimum absolute atomic E-state index is 0.153. The van der Waals surface area contributed by atoms with Crippen molar-refractivity contribution in [1.82, 2.24) is 0 Å². The van der Waals surface area contributed by atoms with Crippen LogP contribution in [-0.4, -0.2) is 16.3 Å². The summed E-state index contributed by atoms with van der Waals surface area (Å²) in [6.07, 6.45) is -0.667. The Morgan fingerprint density at radius 1 is 1.57 bits per heavy atom. The average Bonchev–Trinajstić information content (AvgIpc) is 2.03. The van der Waals surface area contributed by atoms with Crippen LogP contribution < -0.4 is 5.73 Å². The van der Waals surface area contributed by atoms with E-state index >= 15 is 0 Å². The average molecular weight is 198 g/mol. The Morgan fingerprint density at radius 2 is 2.07 bits per heavy atom. The van der Waals surface area contributed by atoms with Gasteiger partial charge in [0.2, 0.25) is 0 Å². The molecule has 0 saturated heterocycles. The fourth-order valence-electron chi connectivity index (χ4n) is 0.742. The minimum Gasteiger partial charge on any atom is -0.379 e. The number of hydrogen-bond donors (Lipinski definition) is 2. The van der Waals surface area contributed by atoms with E-state index in [-0.39, 0.29) is 5.69 Å². The van der Waals surface area contributed by atoms with E-state index in [0.717, 1.165) is 5.56 Å². The van der Waals surface area contributed by atoms with Gasteiger partial charge in [-0.1, -0.05) is 12.1 Å². The van der Waals surface area contributed by atoms with Gasteiger partial charge in [-0.3, -0.25) is 10.1 Å². The molecule has 1 rings (SSSR count). The normalized spacial score (nSPS) is 11.1. The molecule has 1 aromatic rings. The van der Waals surface area contributed by atoms with Crippen molar-refractivity contribution in [3.8, 4) is 0 Å². The standard InChI is InChI=1S/C7H7NO2.C2H7NO/c1-6-3-2-4-7(5-6)8(9)10;1-2(3)4/h2-5H,1H3;2,4H,3H2,1H3. The molecule has 0 aliphatic rings. The van der Waals surface area contributed by atoms with Crippen LogP contribution in [0.3, 0.4) is 0 Å². The summed E-state index contributed by atoms with van der Waals surface area (Å²) < 4.78 is 0. The van der Waals surface area contributed by atoms with Crippen molar-refractivity contribution in [2.75, 3.05) is 0 Å². The molecule has 78 valence electrons. The number of aliphatic hydroxyl groups excluding tert-OH is 1. The van der Waals surface area contributed by atoms with Crippen molar-refractivity contribution in [3.05, 3.63) is 39.9 Å². The lowest BCUT2D eigenvalue weighted by Crippen LogP contribution is -2.11. The molecule has 0 aromatic heterocycles. The van der Waals surface area contributed by atoms with Crippen LogP contribution in [0.15, 0.2) is 24.3 Å². The third-order valence-corrected chi connectivity index (χ3v) is 1.21. The third-order valence-electron chi connectivity index (χ3n) is 1.21. The molecule has 5 nitrogen and oxygen atoms in total. The fourth-order valence-corrected chi connectivity index (χ4v) is 0.742. The van der Waals surface area contributed by atoms with Gasteiger partial charge in [-0.25, -0.2) is 0 Å².